The van der Waals surface area contributed by atoms with Gasteiger partial charge in [0.15, 0.2) is 16.8 Å². The summed E-state index contributed by atoms with van der Waals surface area (Å²) in [5, 5.41) is 17.0. The molecule has 0 unspecified atom stereocenters. The van der Waals surface area contributed by atoms with Crippen LogP contribution in [0.3, 0.4) is 0 Å². The predicted octanol–water partition coefficient (Wildman–Crippen LogP) is 2.59. The summed E-state index contributed by atoms with van der Waals surface area (Å²) in [6.45, 7) is 2.16. The van der Waals surface area contributed by atoms with Crippen molar-refractivity contribution >= 4 is 28.2 Å². The molecule has 0 aliphatic carbocycles. The van der Waals surface area contributed by atoms with Crippen molar-refractivity contribution in [2.45, 2.75) is 13.5 Å². The highest BCUT2D eigenvalue weighted by molar-refractivity contribution is 6.34. The van der Waals surface area contributed by atoms with Crippen LogP contribution in [0, 0.1) is 6.92 Å². The zero-order valence-electron chi connectivity index (χ0n) is 10.1. The number of aromatic nitrogens is 4. The largest absolute Gasteiger partial charge is 0.361 e. The number of halogens is 1. The van der Waals surface area contributed by atoms with Crippen molar-refractivity contribution in [3.8, 4) is 0 Å². The number of aryl methyl sites for hydroxylation is 1. The molecule has 0 amide bonds. The van der Waals surface area contributed by atoms with E-state index in [1.165, 1.54) is 0 Å². The molecule has 1 aromatic carbocycles. The molecule has 6 nitrogen and oxygen atoms in total. The van der Waals surface area contributed by atoms with Crippen molar-refractivity contribution in [1.82, 2.24) is 20.3 Å². The van der Waals surface area contributed by atoms with Crippen LogP contribution in [0.2, 0.25) is 5.15 Å². The maximum atomic E-state index is 6.01. The first-order chi connectivity index (χ1) is 9.24. The van der Waals surface area contributed by atoms with Crippen LogP contribution < -0.4 is 5.32 Å². The summed E-state index contributed by atoms with van der Waals surface area (Å²) < 4.78 is 4.90. The average Bonchev–Trinajstić information content (AvgIpc) is 2.84. The third-order valence-electron chi connectivity index (χ3n) is 2.63. The molecule has 0 aliphatic rings. The van der Waals surface area contributed by atoms with Crippen LogP contribution in [0.15, 0.2) is 28.8 Å². The van der Waals surface area contributed by atoms with Crippen LogP contribution in [0.1, 0.15) is 11.7 Å². The van der Waals surface area contributed by atoms with Crippen molar-refractivity contribution < 1.29 is 4.52 Å². The van der Waals surface area contributed by atoms with Gasteiger partial charge in [-0.25, -0.2) is 0 Å². The lowest BCUT2D eigenvalue weighted by Gasteiger charge is -2.06. The second-order valence-electron chi connectivity index (χ2n) is 3.97. The lowest BCUT2D eigenvalue weighted by atomic mass is 10.2. The second kappa shape index (κ2) is 4.81. The summed E-state index contributed by atoms with van der Waals surface area (Å²) in [6, 6.07) is 7.65. The van der Waals surface area contributed by atoms with Crippen molar-refractivity contribution in [1.29, 1.82) is 0 Å². The third kappa shape index (κ3) is 2.34. The number of rotatable bonds is 3. The molecule has 0 fully saturated rings. The van der Waals surface area contributed by atoms with Crippen LogP contribution in [-0.2, 0) is 6.54 Å². The van der Waals surface area contributed by atoms with Crippen LogP contribution in [0.5, 0.6) is 0 Å². The molecule has 0 saturated heterocycles. The fraction of sp³-hybridized carbons (Fsp3) is 0.167. The van der Waals surface area contributed by atoms with Gasteiger partial charge in [0.1, 0.15) is 0 Å². The lowest BCUT2D eigenvalue weighted by molar-refractivity contribution is 0.388. The van der Waals surface area contributed by atoms with Crippen molar-refractivity contribution in [2.75, 3.05) is 5.32 Å². The zero-order valence-corrected chi connectivity index (χ0v) is 10.8. The van der Waals surface area contributed by atoms with Gasteiger partial charge < -0.3 is 9.84 Å². The summed E-state index contributed by atoms with van der Waals surface area (Å²) in [5.74, 6) is 1.74. The average molecular weight is 276 g/mol. The molecule has 0 saturated carbocycles. The SMILES string of the molecule is Cc1nc(CNc2nnc(Cl)c3ccccc23)no1. The van der Waals surface area contributed by atoms with E-state index in [-0.39, 0.29) is 0 Å². The molecule has 7 heteroatoms. The Kier molecular flexibility index (Phi) is 3.00. The summed E-state index contributed by atoms with van der Waals surface area (Å²) in [4.78, 5) is 4.11. The molecule has 3 aromatic rings. The maximum absolute atomic E-state index is 6.01. The van der Waals surface area contributed by atoms with Crippen LogP contribution in [-0.4, -0.2) is 20.3 Å². The van der Waals surface area contributed by atoms with Crippen LogP contribution in [0.25, 0.3) is 10.8 Å². The van der Waals surface area contributed by atoms with Gasteiger partial charge in [-0.3, -0.25) is 0 Å². The van der Waals surface area contributed by atoms with Gasteiger partial charge in [-0.2, -0.15) is 4.98 Å². The Morgan fingerprint density at radius 1 is 1.21 bits per heavy atom. The number of hydrogen-bond acceptors (Lipinski definition) is 6. The Balaban J connectivity index is 1.91. The summed E-state index contributed by atoms with van der Waals surface area (Å²) in [6.07, 6.45) is 0. The summed E-state index contributed by atoms with van der Waals surface area (Å²) in [5.41, 5.74) is 0. The number of nitrogens with one attached hydrogen (secondary N) is 1. The van der Waals surface area contributed by atoms with Gasteiger partial charge >= 0.3 is 0 Å². The van der Waals surface area contributed by atoms with Gasteiger partial charge in [0.2, 0.25) is 5.89 Å². The molecular formula is C12H10ClN5O. The number of nitrogens with zero attached hydrogens (tertiary/aromatic N) is 4. The van der Waals surface area contributed by atoms with E-state index in [4.69, 9.17) is 16.1 Å². The van der Waals surface area contributed by atoms with Crippen molar-refractivity contribution in [2.24, 2.45) is 0 Å². The van der Waals surface area contributed by atoms with E-state index in [0.717, 1.165) is 10.8 Å². The number of anilines is 1. The Morgan fingerprint density at radius 2 is 2.00 bits per heavy atom. The van der Waals surface area contributed by atoms with E-state index in [0.29, 0.717) is 29.2 Å². The van der Waals surface area contributed by atoms with Crippen molar-refractivity contribution in [3.63, 3.8) is 0 Å². The number of hydrogen-bond donors (Lipinski definition) is 1. The quantitative estimate of drug-likeness (QED) is 0.792. The first kappa shape index (κ1) is 11.9. The van der Waals surface area contributed by atoms with Crippen molar-refractivity contribution in [3.05, 3.63) is 41.1 Å². The van der Waals surface area contributed by atoms with Gasteiger partial charge in [0.25, 0.3) is 0 Å². The maximum Gasteiger partial charge on any atom is 0.223 e. The van der Waals surface area contributed by atoms with Crippen LogP contribution >= 0.6 is 11.6 Å². The first-order valence-electron chi connectivity index (χ1n) is 5.68. The first-order valence-corrected chi connectivity index (χ1v) is 6.06. The molecule has 2 aromatic heterocycles. The molecule has 3 rings (SSSR count). The highest BCUT2D eigenvalue weighted by Gasteiger charge is 2.08. The van der Waals surface area contributed by atoms with Gasteiger partial charge in [-0.05, 0) is 0 Å². The zero-order chi connectivity index (χ0) is 13.2. The molecule has 0 bridgehead atoms. The van der Waals surface area contributed by atoms with E-state index in [9.17, 15) is 0 Å². The second-order valence-corrected chi connectivity index (χ2v) is 4.33. The molecule has 0 spiro atoms. The Hall–Kier alpha value is -2.21. The number of benzene rings is 1. The van der Waals surface area contributed by atoms with Crippen LogP contribution in [0.4, 0.5) is 5.82 Å². The standard InChI is InChI=1S/C12H10ClN5O/c1-7-15-10(18-19-7)6-14-12-9-5-3-2-4-8(9)11(13)16-17-12/h2-5H,6H2,1H3,(H,14,17). The Labute approximate surface area is 113 Å². The molecule has 2 heterocycles. The van der Waals surface area contributed by atoms with E-state index in [2.05, 4.69) is 25.7 Å². The molecule has 96 valence electrons. The topological polar surface area (TPSA) is 76.7 Å². The van der Waals surface area contributed by atoms with E-state index < -0.39 is 0 Å². The van der Waals surface area contributed by atoms with Gasteiger partial charge in [-0.15, -0.1) is 10.2 Å². The van der Waals surface area contributed by atoms with E-state index in [1.54, 1.807) is 6.92 Å². The molecule has 19 heavy (non-hydrogen) atoms. The molecule has 0 atom stereocenters. The lowest BCUT2D eigenvalue weighted by Crippen LogP contribution is -2.04. The molecular weight excluding hydrogens is 266 g/mol. The minimum atomic E-state index is 0.386. The molecule has 0 radical (unpaired) electrons. The number of fused-ring (bicyclic) bond motifs is 1. The third-order valence-corrected chi connectivity index (χ3v) is 2.91. The molecule has 0 aliphatic heterocycles. The smallest absolute Gasteiger partial charge is 0.223 e. The van der Waals surface area contributed by atoms with E-state index >= 15 is 0 Å². The minimum Gasteiger partial charge on any atom is -0.361 e. The normalized spacial score (nSPS) is 10.8. The fourth-order valence-electron chi connectivity index (χ4n) is 1.78. The van der Waals surface area contributed by atoms with Gasteiger partial charge in [-0.1, -0.05) is 41.0 Å². The Bertz CT molecular complexity index is 727. The summed E-state index contributed by atoms with van der Waals surface area (Å²) in [7, 11) is 0. The monoisotopic (exact) mass is 275 g/mol. The van der Waals surface area contributed by atoms with Gasteiger partial charge in [0, 0.05) is 17.7 Å². The fourth-order valence-corrected chi connectivity index (χ4v) is 1.98. The summed E-state index contributed by atoms with van der Waals surface area (Å²) >= 11 is 6.01. The van der Waals surface area contributed by atoms with E-state index in [1.807, 2.05) is 24.3 Å². The highest BCUT2D eigenvalue weighted by atomic mass is 35.5. The minimum absolute atomic E-state index is 0.386. The van der Waals surface area contributed by atoms with Gasteiger partial charge in [0.05, 0.1) is 6.54 Å². The highest BCUT2D eigenvalue weighted by Crippen LogP contribution is 2.25. The Morgan fingerprint density at radius 3 is 2.74 bits per heavy atom. The molecule has 1 N–H and O–H groups in total. The predicted molar refractivity (Wildman–Crippen MR) is 70.9 cm³/mol.